The predicted molar refractivity (Wildman–Crippen MR) is 76.0 cm³/mol. The van der Waals surface area contributed by atoms with Crippen LogP contribution in [-0.2, 0) is 6.42 Å². The highest BCUT2D eigenvalue weighted by molar-refractivity contribution is 5.85. The predicted octanol–water partition coefficient (Wildman–Crippen LogP) is 1.96. The highest BCUT2D eigenvalue weighted by Crippen LogP contribution is 2.30. The van der Waals surface area contributed by atoms with E-state index in [2.05, 4.69) is 16.3 Å². The van der Waals surface area contributed by atoms with Crippen LogP contribution in [0.3, 0.4) is 0 Å². The van der Waals surface area contributed by atoms with Crippen LogP contribution in [0, 0.1) is 0 Å². The Morgan fingerprint density at radius 1 is 1.32 bits per heavy atom. The number of piperazine rings is 1. The van der Waals surface area contributed by atoms with E-state index >= 15 is 0 Å². The molecule has 0 aromatic heterocycles. The molecular formula is C14H20ClFN2O. The number of hydrogen-bond acceptors (Lipinski definition) is 3. The standard InChI is InChI=1S/C14H19FN2O.ClH/c15-10-13(17-6-4-16-5-7-17)11-1-2-14-12(9-11)3-8-18-14;/h1-2,9,13,16H,3-8,10H2;1H/t13-;/m0./s1. The van der Waals surface area contributed by atoms with Gasteiger partial charge in [-0.15, -0.1) is 12.4 Å². The molecule has 1 aromatic rings. The summed E-state index contributed by atoms with van der Waals surface area (Å²) in [6, 6.07) is 6.02. The molecule has 1 fully saturated rings. The normalized spacial score (nSPS) is 20.3. The number of fused-ring (bicyclic) bond motifs is 1. The van der Waals surface area contributed by atoms with E-state index in [9.17, 15) is 4.39 Å². The van der Waals surface area contributed by atoms with Crippen molar-refractivity contribution in [2.45, 2.75) is 12.5 Å². The van der Waals surface area contributed by atoms with Crippen LogP contribution < -0.4 is 10.1 Å². The number of ether oxygens (including phenoxy) is 1. The van der Waals surface area contributed by atoms with Gasteiger partial charge in [0.05, 0.1) is 12.6 Å². The Labute approximate surface area is 119 Å². The molecule has 1 aromatic carbocycles. The van der Waals surface area contributed by atoms with Gasteiger partial charge in [0, 0.05) is 32.6 Å². The maximum Gasteiger partial charge on any atom is 0.122 e. The zero-order chi connectivity index (χ0) is 12.4. The number of benzene rings is 1. The van der Waals surface area contributed by atoms with E-state index in [1.807, 2.05) is 12.1 Å². The fourth-order valence-corrected chi connectivity index (χ4v) is 2.81. The van der Waals surface area contributed by atoms with Crippen molar-refractivity contribution in [2.75, 3.05) is 39.5 Å². The fraction of sp³-hybridized carbons (Fsp3) is 0.571. The third-order valence-electron chi connectivity index (χ3n) is 3.84. The van der Waals surface area contributed by atoms with Gasteiger partial charge in [0.2, 0.25) is 0 Å². The van der Waals surface area contributed by atoms with Crippen LogP contribution in [0.5, 0.6) is 5.75 Å². The third-order valence-corrected chi connectivity index (χ3v) is 3.84. The summed E-state index contributed by atoms with van der Waals surface area (Å²) in [5.74, 6) is 0.969. The van der Waals surface area contributed by atoms with Crippen LogP contribution in [0.25, 0.3) is 0 Å². The highest BCUT2D eigenvalue weighted by atomic mass is 35.5. The molecule has 0 spiro atoms. The number of hydrogen-bond donors (Lipinski definition) is 1. The van der Waals surface area contributed by atoms with Crippen molar-refractivity contribution in [1.82, 2.24) is 10.2 Å². The molecule has 3 nitrogen and oxygen atoms in total. The first-order valence-corrected chi connectivity index (χ1v) is 6.65. The lowest BCUT2D eigenvalue weighted by Crippen LogP contribution is -2.45. The Balaban J connectivity index is 0.00000133. The van der Waals surface area contributed by atoms with Gasteiger partial charge >= 0.3 is 0 Å². The second-order valence-corrected chi connectivity index (χ2v) is 4.92. The van der Waals surface area contributed by atoms with E-state index in [-0.39, 0.29) is 25.1 Å². The Kier molecular flexibility index (Phi) is 5.02. The first-order valence-electron chi connectivity index (χ1n) is 6.65. The maximum atomic E-state index is 13.4. The lowest BCUT2D eigenvalue weighted by atomic mass is 10.0. The first kappa shape index (κ1) is 14.6. The van der Waals surface area contributed by atoms with Gasteiger partial charge in [0.25, 0.3) is 0 Å². The van der Waals surface area contributed by atoms with Crippen molar-refractivity contribution >= 4 is 12.4 Å². The number of nitrogens with zero attached hydrogens (tertiary/aromatic N) is 1. The SMILES string of the molecule is Cl.FC[C@@H](c1ccc2c(c1)CCO2)N1CCNCC1. The van der Waals surface area contributed by atoms with Crippen LogP contribution in [-0.4, -0.2) is 44.4 Å². The number of halogens is 2. The summed E-state index contributed by atoms with van der Waals surface area (Å²) in [5.41, 5.74) is 2.31. The monoisotopic (exact) mass is 286 g/mol. The molecule has 19 heavy (non-hydrogen) atoms. The molecule has 2 aliphatic rings. The van der Waals surface area contributed by atoms with E-state index < -0.39 is 0 Å². The summed E-state index contributed by atoms with van der Waals surface area (Å²) in [4.78, 5) is 2.23. The van der Waals surface area contributed by atoms with E-state index in [1.165, 1.54) is 5.56 Å². The van der Waals surface area contributed by atoms with Crippen LogP contribution in [0.4, 0.5) is 4.39 Å². The lowest BCUT2D eigenvalue weighted by Gasteiger charge is -2.33. The summed E-state index contributed by atoms with van der Waals surface area (Å²) in [5, 5.41) is 3.30. The molecule has 106 valence electrons. The van der Waals surface area contributed by atoms with Crippen LogP contribution >= 0.6 is 12.4 Å². The molecule has 1 atom stereocenters. The largest absolute Gasteiger partial charge is 0.493 e. The van der Waals surface area contributed by atoms with Crippen molar-refractivity contribution in [3.8, 4) is 5.75 Å². The molecule has 1 N–H and O–H groups in total. The van der Waals surface area contributed by atoms with E-state index in [0.29, 0.717) is 0 Å². The molecule has 0 unspecified atom stereocenters. The maximum absolute atomic E-state index is 13.4. The average Bonchev–Trinajstić information content (AvgIpc) is 2.88. The topological polar surface area (TPSA) is 24.5 Å². The summed E-state index contributed by atoms with van der Waals surface area (Å²) in [7, 11) is 0. The summed E-state index contributed by atoms with van der Waals surface area (Å²) in [6.45, 7) is 4.17. The molecule has 5 heteroatoms. The van der Waals surface area contributed by atoms with Gasteiger partial charge < -0.3 is 10.1 Å². The minimum Gasteiger partial charge on any atom is -0.493 e. The second-order valence-electron chi connectivity index (χ2n) is 4.92. The molecule has 2 aliphatic heterocycles. The van der Waals surface area contributed by atoms with Crippen molar-refractivity contribution < 1.29 is 9.13 Å². The van der Waals surface area contributed by atoms with Crippen LogP contribution in [0.2, 0.25) is 0 Å². The van der Waals surface area contributed by atoms with Gasteiger partial charge in [-0.1, -0.05) is 12.1 Å². The van der Waals surface area contributed by atoms with Gasteiger partial charge in [-0.05, 0) is 17.2 Å². The van der Waals surface area contributed by atoms with Crippen molar-refractivity contribution in [3.05, 3.63) is 29.3 Å². The molecule has 0 saturated carbocycles. The molecule has 2 heterocycles. The van der Waals surface area contributed by atoms with Gasteiger partial charge in [0.15, 0.2) is 0 Å². The molecule has 1 saturated heterocycles. The summed E-state index contributed by atoms with van der Waals surface area (Å²) < 4.78 is 18.9. The number of alkyl halides is 1. The van der Waals surface area contributed by atoms with Crippen LogP contribution in [0.1, 0.15) is 17.2 Å². The van der Waals surface area contributed by atoms with Crippen molar-refractivity contribution in [2.24, 2.45) is 0 Å². The quantitative estimate of drug-likeness (QED) is 0.919. The molecule has 0 aliphatic carbocycles. The number of nitrogens with one attached hydrogen (secondary N) is 1. The second kappa shape index (κ2) is 6.55. The Morgan fingerprint density at radius 3 is 2.84 bits per heavy atom. The minimum atomic E-state index is -0.320. The van der Waals surface area contributed by atoms with Gasteiger partial charge in [0.1, 0.15) is 12.4 Å². The van der Waals surface area contributed by atoms with Crippen molar-refractivity contribution in [1.29, 1.82) is 0 Å². The van der Waals surface area contributed by atoms with E-state index in [0.717, 1.165) is 50.5 Å². The molecule has 0 amide bonds. The summed E-state index contributed by atoms with van der Waals surface area (Å²) in [6.07, 6.45) is 0.948. The Bertz CT molecular complexity index is 424. The average molecular weight is 287 g/mol. The number of rotatable bonds is 3. The molecule has 3 rings (SSSR count). The molecule has 0 bridgehead atoms. The van der Waals surface area contributed by atoms with E-state index in [1.54, 1.807) is 0 Å². The third kappa shape index (κ3) is 3.02. The van der Waals surface area contributed by atoms with Crippen LogP contribution in [0.15, 0.2) is 18.2 Å². The smallest absolute Gasteiger partial charge is 0.122 e. The van der Waals surface area contributed by atoms with E-state index in [4.69, 9.17) is 4.74 Å². The first-order chi connectivity index (χ1) is 8.88. The summed E-state index contributed by atoms with van der Waals surface area (Å²) >= 11 is 0. The Hall–Kier alpha value is -0.840. The minimum absolute atomic E-state index is 0. The lowest BCUT2D eigenvalue weighted by molar-refractivity contribution is 0.147. The fourth-order valence-electron chi connectivity index (χ4n) is 2.81. The van der Waals surface area contributed by atoms with Gasteiger partial charge in [-0.3, -0.25) is 4.90 Å². The zero-order valence-corrected chi connectivity index (χ0v) is 11.7. The Morgan fingerprint density at radius 2 is 2.11 bits per heavy atom. The van der Waals surface area contributed by atoms with Gasteiger partial charge in [-0.2, -0.15) is 0 Å². The molecule has 0 radical (unpaired) electrons. The highest BCUT2D eigenvalue weighted by Gasteiger charge is 2.23. The van der Waals surface area contributed by atoms with Crippen molar-refractivity contribution in [3.63, 3.8) is 0 Å². The zero-order valence-electron chi connectivity index (χ0n) is 10.9. The molecular weight excluding hydrogens is 267 g/mol. The van der Waals surface area contributed by atoms with Gasteiger partial charge in [-0.25, -0.2) is 4.39 Å².